The van der Waals surface area contributed by atoms with E-state index < -0.39 is 6.10 Å². The molecule has 0 radical (unpaired) electrons. The highest BCUT2D eigenvalue weighted by atomic mass is 35.5. The maximum atomic E-state index is 12.0. The molecule has 0 aliphatic heterocycles. The molecule has 1 aromatic carbocycles. The molecular weight excluding hydrogens is 296 g/mol. The van der Waals surface area contributed by atoms with Gasteiger partial charge in [-0.1, -0.05) is 17.7 Å². The van der Waals surface area contributed by atoms with Crippen LogP contribution in [0.25, 0.3) is 0 Å². The van der Waals surface area contributed by atoms with E-state index in [0.717, 1.165) is 5.56 Å². The average Bonchev–Trinajstić information content (AvgIpc) is 2.79. The van der Waals surface area contributed by atoms with E-state index in [1.54, 1.807) is 23.6 Å². The fourth-order valence-electron chi connectivity index (χ4n) is 1.56. The number of aromatic nitrogens is 1. The van der Waals surface area contributed by atoms with Crippen LogP contribution in [-0.4, -0.2) is 16.6 Å². The minimum absolute atomic E-state index is 0.333. The molecule has 0 fully saturated rings. The summed E-state index contributed by atoms with van der Waals surface area (Å²) in [5.74, 6) is 0.166. The number of hydrogen-bond donors (Lipinski definition) is 0. The van der Waals surface area contributed by atoms with Crippen molar-refractivity contribution in [2.45, 2.75) is 20.0 Å². The lowest BCUT2D eigenvalue weighted by Crippen LogP contribution is -2.25. The smallest absolute Gasteiger partial charge is 0.289 e. The third-order valence-electron chi connectivity index (χ3n) is 2.70. The molecule has 6 heteroatoms. The normalized spacial score (nSPS) is 13.3. The first-order chi connectivity index (χ1) is 9.47. The lowest BCUT2D eigenvalue weighted by molar-refractivity contribution is -0.124. The highest BCUT2D eigenvalue weighted by molar-refractivity contribution is 7.07. The Morgan fingerprint density at radius 3 is 2.90 bits per heavy atom. The number of amides is 1. The van der Waals surface area contributed by atoms with Crippen LogP contribution in [0.3, 0.4) is 0 Å². The van der Waals surface area contributed by atoms with Crippen molar-refractivity contribution in [1.82, 2.24) is 4.57 Å². The molecule has 2 aromatic rings. The summed E-state index contributed by atoms with van der Waals surface area (Å²) in [6, 6.07) is 5.44. The van der Waals surface area contributed by atoms with Gasteiger partial charge in [-0.05, 0) is 31.5 Å². The second kappa shape index (κ2) is 6.24. The maximum Gasteiger partial charge on any atom is 0.289 e. The fourth-order valence-corrected chi connectivity index (χ4v) is 2.46. The molecule has 1 atom stereocenters. The van der Waals surface area contributed by atoms with Gasteiger partial charge >= 0.3 is 0 Å². The molecule has 0 bridgehead atoms. The average molecular weight is 311 g/mol. The SMILES string of the molecule is Cc1ccc(Cl)c(O[C@H](C)C(=O)N=c2sccn2C)c1. The monoisotopic (exact) mass is 310 g/mol. The van der Waals surface area contributed by atoms with Crippen molar-refractivity contribution in [1.29, 1.82) is 0 Å². The minimum atomic E-state index is -0.684. The topological polar surface area (TPSA) is 43.6 Å². The van der Waals surface area contributed by atoms with E-state index >= 15 is 0 Å². The van der Waals surface area contributed by atoms with Crippen LogP contribution in [-0.2, 0) is 11.8 Å². The number of aryl methyl sites for hydroxylation is 2. The van der Waals surface area contributed by atoms with Gasteiger partial charge in [-0.25, -0.2) is 0 Å². The molecule has 0 N–H and O–H groups in total. The van der Waals surface area contributed by atoms with Crippen molar-refractivity contribution in [3.05, 3.63) is 45.2 Å². The van der Waals surface area contributed by atoms with Crippen molar-refractivity contribution < 1.29 is 9.53 Å². The lowest BCUT2D eigenvalue weighted by atomic mass is 10.2. The predicted octanol–water partition coefficient (Wildman–Crippen LogP) is 2.94. The predicted molar refractivity (Wildman–Crippen MR) is 80.1 cm³/mol. The zero-order valence-corrected chi connectivity index (χ0v) is 13.0. The van der Waals surface area contributed by atoms with E-state index in [2.05, 4.69) is 4.99 Å². The highest BCUT2D eigenvalue weighted by Crippen LogP contribution is 2.26. The molecule has 1 heterocycles. The van der Waals surface area contributed by atoms with Crippen molar-refractivity contribution >= 4 is 28.8 Å². The van der Waals surface area contributed by atoms with Gasteiger partial charge in [-0.15, -0.1) is 11.3 Å². The number of halogens is 1. The number of ether oxygens (including phenoxy) is 1. The molecular formula is C14H15ClN2O2S. The summed E-state index contributed by atoms with van der Waals surface area (Å²) in [6.07, 6.45) is 1.16. The molecule has 106 valence electrons. The molecule has 0 aliphatic carbocycles. The quantitative estimate of drug-likeness (QED) is 0.875. The summed E-state index contributed by atoms with van der Waals surface area (Å²) >= 11 is 7.45. The van der Waals surface area contributed by atoms with E-state index in [1.165, 1.54) is 11.3 Å². The van der Waals surface area contributed by atoms with E-state index in [-0.39, 0.29) is 5.91 Å². The van der Waals surface area contributed by atoms with Crippen LogP contribution >= 0.6 is 22.9 Å². The summed E-state index contributed by atoms with van der Waals surface area (Å²) in [5, 5.41) is 2.35. The van der Waals surface area contributed by atoms with Gasteiger partial charge in [0.1, 0.15) is 5.75 Å². The second-order valence-corrected chi connectivity index (χ2v) is 5.72. The van der Waals surface area contributed by atoms with Crippen LogP contribution < -0.4 is 9.54 Å². The van der Waals surface area contributed by atoms with Crippen LogP contribution in [0.1, 0.15) is 12.5 Å². The van der Waals surface area contributed by atoms with E-state index in [4.69, 9.17) is 16.3 Å². The minimum Gasteiger partial charge on any atom is -0.479 e. The molecule has 0 aliphatic rings. The second-order valence-electron chi connectivity index (χ2n) is 4.44. The van der Waals surface area contributed by atoms with Crippen LogP contribution in [0.5, 0.6) is 5.75 Å². The largest absolute Gasteiger partial charge is 0.479 e. The Morgan fingerprint density at radius 1 is 1.50 bits per heavy atom. The van der Waals surface area contributed by atoms with E-state index in [1.807, 2.05) is 31.6 Å². The number of carbonyl (C=O) groups is 1. The van der Waals surface area contributed by atoms with Gasteiger partial charge in [0.2, 0.25) is 0 Å². The third kappa shape index (κ3) is 3.49. The van der Waals surface area contributed by atoms with Crippen molar-refractivity contribution in [2.75, 3.05) is 0 Å². The molecule has 20 heavy (non-hydrogen) atoms. The van der Waals surface area contributed by atoms with Gasteiger partial charge in [-0.3, -0.25) is 4.79 Å². The molecule has 0 unspecified atom stereocenters. The van der Waals surface area contributed by atoms with Crippen LogP contribution in [0.2, 0.25) is 5.02 Å². The maximum absolute atomic E-state index is 12.0. The number of hydrogen-bond acceptors (Lipinski definition) is 3. The van der Waals surface area contributed by atoms with Gasteiger partial charge in [0.15, 0.2) is 10.9 Å². The highest BCUT2D eigenvalue weighted by Gasteiger charge is 2.15. The zero-order valence-electron chi connectivity index (χ0n) is 11.5. The Morgan fingerprint density at radius 2 is 2.25 bits per heavy atom. The summed E-state index contributed by atoms with van der Waals surface area (Å²) in [4.78, 5) is 16.7. The molecule has 2 rings (SSSR count). The molecule has 1 amide bonds. The Labute approximate surface area is 126 Å². The van der Waals surface area contributed by atoms with Gasteiger partial charge < -0.3 is 9.30 Å². The summed E-state index contributed by atoms with van der Waals surface area (Å²) in [6.45, 7) is 3.60. The van der Waals surface area contributed by atoms with Crippen molar-refractivity contribution in [2.24, 2.45) is 12.0 Å². The Hall–Kier alpha value is -1.59. The molecule has 0 spiro atoms. The van der Waals surface area contributed by atoms with Crippen molar-refractivity contribution in [3.8, 4) is 5.75 Å². The summed E-state index contributed by atoms with van der Waals surface area (Å²) in [5.41, 5.74) is 1.02. The first-order valence-corrected chi connectivity index (χ1v) is 7.34. The standard InChI is InChI=1S/C14H15ClN2O2S/c1-9-4-5-11(15)12(8-9)19-10(2)13(18)16-14-17(3)6-7-20-14/h4-8,10H,1-3H3/t10-/m1/s1. The molecule has 0 saturated carbocycles. The summed E-state index contributed by atoms with van der Waals surface area (Å²) < 4.78 is 7.38. The Bertz CT molecular complexity index is 690. The fraction of sp³-hybridized carbons (Fsp3) is 0.286. The van der Waals surface area contributed by atoms with E-state index in [9.17, 15) is 4.79 Å². The van der Waals surface area contributed by atoms with Gasteiger partial charge in [0.05, 0.1) is 5.02 Å². The number of nitrogens with zero attached hydrogens (tertiary/aromatic N) is 2. The Kier molecular flexibility index (Phi) is 4.62. The molecule has 1 aromatic heterocycles. The van der Waals surface area contributed by atoms with Crippen LogP contribution in [0.15, 0.2) is 34.8 Å². The Balaban J connectivity index is 2.16. The first-order valence-electron chi connectivity index (χ1n) is 6.09. The lowest BCUT2D eigenvalue weighted by Gasteiger charge is -2.13. The number of benzene rings is 1. The van der Waals surface area contributed by atoms with Crippen LogP contribution in [0.4, 0.5) is 0 Å². The van der Waals surface area contributed by atoms with Gasteiger partial charge in [0, 0.05) is 18.6 Å². The third-order valence-corrected chi connectivity index (χ3v) is 3.86. The summed E-state index contributed by atoms with van der Waals surface area (Å²) in [7, 11) is 1.84. The van der Waals surface area contributed by atoms with E-state index in [0.29, 0.717) is 15.6 Å². The van der Waals surface area contributed by atoms with Crippen molar-refractivity contribution in [3.63, 3.8) is 0 Å². The van der Waals surface area contributed by atoms with Gasteiger partial charge in [0.25, 0.3) is 5.91 Å². The van der Waals surface area contributed by atoms with Crippen LogP contribution in [0, 0.1) is 6.92 Å². The zero-order chi connectivity index (χ0) is 14.7. The molecule has 4 nitrogen and oxygen atoms in total. The molecule has 0 saturated heterocycles. The number of carbonyl (C=O) groups excluding carboxylic acids is 1. The number of rotatable bonds is 3. The van der Waals surface area contributed by atoms with Gasteiger partial charge in [-0.2, -0.15) is 4.99 Å². The first kappa shape index (κ1) is 14.8. The number of thiazole rings is 1.